The van der Waals surface area contributed by atoms with Gasteiger partial charge in [0.05, 0.1) is 10.6 Å². The number of nitro benzene ring substituents is 1. The summed E-state index contributed by atoms with van der Waals surface area (Å²) in [6.07, 6.45) is 2.83. The van der Waals surface area contributed by atoms with E-state index in [0.29, 0.717) is 21.3 Å². The maximum absolute atomic E-state index is 12.0. The molecule has 0 bridgehead atoms. The van der Waals surface area contributed by atoms with Crippen molar-refractivity contribution >= 4 is 40.0 Å². The molecule has 1 N–H and O–H groups in total. The molecule has 25 heavy (non-hydrogen) atoms. The standard InChI is InChI=1S/C16H16N4O4S/c1-10-14(15(22)19(2)3)25-16(17-10)18-13(21)9-6-11-4-7-12(8-5-11)20(23)24/h4-9H,1-3H3,(H,17,18,21). The first-order chi connectivity index (χ1) is 11.8. The Bertz CT molecular complexity index is 840. The molecule has 0 fully saturated rings. The van der Waals surface area contributed by atoms with Crippen molar-refractivity contribution in [1.82, 2.24) is 9.88 Å². The topological polar surface area (TPSA) is 105 Å². The van der Waals surface area contributed by atoms with Gasteiger partial charge in [-0.15, -0.1) is 0 Å². The van der Waals surface area contributed by atoms with Crippen LogP contribution in [-0.2, 0) is 4.79 Å². The number of amides is 2. The lowest BCUT2D eigenvalue weighted by atomic mass is 10.2. The quantitative estimate of drug-likeness (QED) is 0.501. The highest BCUT2D eigenvalue weighted by molar-refractivity contribution is 7.17. The third kappa shape index (κ3) is 4.70. The van der Waals surface area contributed by atoms with Crippen LogP contribution < -0.4 is 5.32 Å². The second kappa shape index (κ2) is 7.67. The summed E-state index contributed by atoms with van der Waals surface area (Å²) in [5.74, 6) is -0.576. The van der Waals surface area contributed by atoms with E-state index in [0.717, 1.165) is 11.3 Å². The molecule has 2 aromatic rings. The maximum atomic E-state index is 12.0. The van der Waals surface area contributed by atoms with E-state index in [2.05, 4.69) is 10.3 Å². The van der Waals surface area contributed by atoms with Crippen LogP contribution in [0.4, 0.5) is 10.8 Å². The lowest BCUT2D eigenvalue weighted by Crippen LogP contribution is -2.21. The predicted molar refractivity (Wildman–Crippen MR) is 95.6 cm³/mol. The van der Waals surface area contributed by atoms with Gasteiger partial charge in [-0.2, -0.15) is 0 Å². The van der Waals surface area contributed by atoms with Gasteiger partial charge in [0.15, 0.2) is 5.13 Å². The largest absolute Gasteiger partial charge is 0.344 e. The van der Waals surface area contributed by atoms with Crippen LogP contribution in [0.5, 0.6) is 0 Å². The molecule has 1 heterocycles. The minimum atomic E-state index is -0.488. The zero-order valence-corrected chi connectivity index (χ0v) is 14.7. The Balaban J connectivity index is 2.04. The Morgan fingerprint density at radius 2 is 1.92 bits per heavy atom. The maximum Gasteiger partial charge on any atom is 0.269 e. The zero-order chi connectivity index (χ0) is 18.6. The van der Waals surface area contributed by atoms with Crippen molar-refractivity contribution in [3.8, 4) is 0 Å². The highest BCUT2D eigenvalue weighted by Gasteiger charge is 2.17. The normalized spacial score (nSPS) is 10.7. The van der Waals surface area contributed by atoms with Crippen LogP contribution >= 0.6 is 11.3 Å². The number of carbonyl (C=O) groups is 2. The molecule has 8 nitrogen and oxygen atoms in total. The summed E-state index contributed by atoms with van der Waals surface area (Å²) in [6, 6.07) is 5.81. The number of aromatic nitrogens is 1. The van der Waals surface area contributed by atoms with E-state index in [1.165, 1.54) is 29.2 Å². The lowest BCUT2D eigenvalue weighted by molar-refractivity contribution is -0.384. The molecule has 130 valence electrons. The molecular formula is C16H16N4O4S. The first-order valence-corrected chi connectivity index (χ1v) is 8.02. The summed E-state index contributed by atoms with van der Waals surface area (Å²) in [4.78, 5) is 40.1. The van der Waals surface area contributed by atoms with E-state index in [1.54, 1.807) is 33.2 Å². The van der Waals surface area contributed by atoms with Crippen molar-refractivity contribution in [2.75, 3.05) is 19.4 Å². The zero-order valence-electron chi connectivity index (χ0n) is 13.8. The van der Waals surface area contributed by atoms with Crippen LogP contribution in [0.1, 0.15) is 20.9 Å². The van der Waals surface area contributed by atoms with Gasteiger partial charge in [0, 0.05) is 32.3 Å². The Morgan fingerprint density at radius 3 is 2.48 bits per heavy atom. The summed E-state index contributed by atoms with van der Waals surface area (Å²) in [5, 5.41) is 13.5. The molecule has 2 amide bonds. The Hall–Kier alpha value is -3.07. The van der Waals surface area contributed by atoms with Crippen LogP contribution in [0.15, 0.2) is 30.3 Å². The van der Waals surface area contributed by atoms with E-state index >= 15 is 0 Å². The second-order valence-electron chi connectivity index (χ2n) is 5.30. The molecular weight excluding hydrogens is 344 g/mol. The summed E-state index contributed by atoms with van der Waals surface area (Å²) in [5.41, 5.74) is 1.19. The number of nitrogens with one attached hydrogen (secondary N) is 1. The number of hydrogen-bond donors (Lipinski definition) is 1. The van der Waals surface area contributed by atoms with Gasteiger partial charge in [-0.05, 0) is 30.7 Å². The molecule has 0 radical (unpaired) electrons. The van der Waals surface area contributed by atoms with Gasteiger partial charge in [-0.3, -0.25) is 25.0 Å². The molecule has 1 aromatic heterocycles. The van der Waals surface area contributed by atoms with Gasteiger partial charge in [0.25, 0.3) is 11.6 Å². The smallest absolute Gasteiger partial charge is 0.269 e. The number of nitro groups is 1. The number of carbonyl (C=O) groups excluding carboxylic acids is 2. The molecule has 1 aromatic carbocycles. The van der Waals surface area contributed by atoms with Crippen molar-refractivity contribution < 1.29 is 14.5 Å². The minimum Gasteiger partial charge on any atom is -0.344 e. The van der Waals surface area contributed by atoms with Crippen molar-refractivity contribution in [2.45, 2.75) is 6.92 Å². The van der Waals surface area contributed by atoms with E-state index in [9.17, 15) is 19.7 Å². The molecule has 0 atom stereocenters. The number of rotatable bonds is 5. The Morgan fingerprint density at radius 1 is 1.28 bits per heavy atom. The number of thiazole rings is 1. The Kier molecular flexibility index (Phi) is 5.60. The van der Waals surface area contributed by atoms with Crippen LogP contribution in [0.2, 0.25) is 0 Å². The fourth-order valence-corrected chi connectivity index (χ4v) is 2.87. The molecule has 0 spiro atoms. The summed E-state index contributed by atoms with van der Waals surface area (Å²) in [7, 11) is 3.29. The molecule has 0 unspecified atom stereocenters. The van der Waals surface area contributed by atoms with Gasteiger partial charge >= 0.3 is 0 Å². The van der Waals surface area contributed by atoms with E-state index in [-0.39, 0.29) is 11.6 Å². The van der Waals surface area contributed by atoms with E-state index < -0.39 is 10.8 Å². The van der Waals surface area contributed by atoms with Gasteiger partial charge in [-0.1, -0.05) is 11.3 Å². The number of non-ortho nitro benzene ring substituents is 1. The highest BCUT2D eigenvalue weighted by Crippen LogP contribution is 2.23. The Labute approximate surface area is 147 Å². The molecule has 0 aliphatic carbocycles. The summed E-state index contributed by atoms with van der Waals surface area (Å²) >= 11 is 1.11. The number of hydrogen-bond acceptors (Lipinski definition) is 6. The molecule has 0 aliphatic rings. The van der Waals surface area contributed by atoms with Gasteiger partial charge < -0.3 is 4.90 Å². The van der Waals surface area contributed by atoms with E-state index in [4.69, 9.17) is 0 Å². The van der Waals surface area contributed by atoms with Crippen LogP contribution in [-0.4, -0.2) is 40.7 Å². The van der Waals surface area contributed by atoms with Gasteiger partial charge in [0.2, 0.25) is 5.91 Å². The molecule has 0 aliphatic heterocycles. The van der Waals surface area contributed by atoms with Crippen LogP contribution in [0, 0.1) is 17.0 Å². The summed E-state index contributed by atoms with van der Waals surface area (Å²) < 4.78 is 0. The highest BCUT2D eigenvalue weighted by atomic mass is 32.1. The SMILES string of the molecule is Cc1nc(NC(=O)C=Cc2ccc([N+](=O)[O-])cc2)sc1C(=O)N(C)C. The van der Waals surface area contributed by atoms with Gasteiger partial charge in [0.1, 0.15) is 4.88 Å². The lowest BCUT2D eigenvalue weighted by Gasteiger charge is -2.07. The predicted octanol–water partition coefficient (Wildman–Crippen LogP) is 2.71. The van der Waals surface area contributed by atoms with E-state index in [1.807, 2.05) is 0 Å². The number of anilines is 1. The second-order valence-corrected chi connectivity index (χ2v) is 6.30. The number of aryl methyl sites for hydroxylation is 1. The summed E-state index contributed by atoms with van der Waals surface area (Å²) in [6.45, 7) is 1.70. The monoisotopic (exact) mass is 360 g/mol. The van der Waals surface area contributed by atoms with Crippen LogP contribution in [0.3, 0.4) is 0 Å². The number of nitrogens with zero attached hydrogens (tertiary/aromatic N) is 3. The van der Waals surface area contributed by atoms with Crippen molar-refractivity contribution in [3.63, 3.8) is 0 Å². The average molecular weight is 360 g/mol. The fourth-order valence-electron chi connectivity index (χ4n) is 1.88. The molecule has 0 saturated heterocycles. The van der Waals surface area contributed by atoms with Gasteiger partial charge in [-0.25, -0.2) is 4.98 Å². The van der Waals surface area contributed by atoms with Crippen molar-refractivity contribution in [3.05, 3.63) is 56.6 Å². The average Bonchev–Trinajstić information content (AvgIpc) is 2.92. The third-order valence-electron chi connectivity index (χ3n) is 3.16. The number of benzene rings is 1. The molecule has 9 heteroatoms. The van der Waals surface area contributed by atoms with Crippen molar-refractivity contribution in [1.29, 1.82) is 0 Å². The molecule has 0 saturated carbocycles. The first-order valence-electron chi connectivity index (χ1n) is 7.20. The fraction of sp³-hybridized carbons (Fsp3) is 0.188. The minimum absolute atomic E-state index is 0.0158. The van der Waals surface area contributed by atoms with Crippen LogP contribution in [0.25, 0.3) is 6.08 Å². The van der Waals surface area contributed by atoms with Crippen molar-refractivity contribution in [2.24, 2.45) is 0 Å². The third-order valence-corrected chi connectivity index (χ3v) is 4.22. The molecule has 2 rings (SSSR count). The first kappa shape index (κ1) is 18.3.